The summed E-state index contributed by atoms with van der Waals surface area (Å²) in [6.07, 6.45) is 1.36. The van der Waals surface area contributed by atoms with Gasteiger partial charge in [0.2, 0.25) is 0 Å². The standard InChI is InChI=1S/C12H24/c1-7-11-8(2)9(3)12(5,6)10(11)4/h8-11H,7H2,1-6H3. The van der Waals surface area contributed by atoms with Gasteiger partial charge in [-0.3, -0.25) is 0 Å². The predicted molar refractivity (Wildman–Crippen MR) is 55.1 cm³/mol. The molecule has 1 rings (SSSR count). The van der Waals surface area contributed by atoms with Gasteiger partial charge in [-0.1, -0.05) is 48.0 Å². The van der Waals surface area contributed by atoms with E-state index in [1.54, 1.807) is 0 Å². The topological polar surface area (TPSA) is 0 Å². The fraction of sp³-hybridized carbons (Fsp3) is 1.00. The third-order valence-electron chi connectivity index (χ3n) is 4.92. The second-order valence-electron chi connectivity index (χ2n) is 5.33. The van der Waals surface area contributed by atoms with Crippen LogP contribution in [0, 0.1) is 29.1 Å². The van der Waals surface area contributed by atoms with E-state index in [2.05, 4.69) is 41.5 Å². The maximum Gasteiger partial charge on any atom is -0.0297 e. The van der Waals surface area contributed by atoms with Gasteiger partial charge < -0.3 is 0 Å². The molecule has 72 valence electrons. The van der Waals surface area contributed by atoms with Crippen LogP contribution in [0.1, 0.15) is 48.0 Å². The minimum Gasteiger partial charge on any atom is -0.0651 e. The summed E-state index contributed by atoms with van der Waals surface area (Å²) in [6.45, 7) is 14.5. The number of rotatable bonds is 1. The molecule has 4 atom stereocenters. The zero-order valence-electron chi connectivity index (χ0n) is 9.52. The Morgan fingerprint density at radius 1 is 1.00 bits per heavy atom. The minimum absolute atomic E-state index is 0.556. The summed E-state index contributed by atoms with van der Waals surface area (Å²) >= 11 is 0. The van der Waals surface area contributed by atoms with Crippen LogP contribution in [0.2, 0.25) is 0 Å². The first kappa shape index (κ1) is 10.1. The first-order valence-electron chi connectivity index (χ1n) is 5.42. The van der Waals surface area contributed by atoms with Gasteiger partial charge in [-0.05, 0) is 29.1 Å². The minimum atomic E-state index is 0.556. The highest BCUT2D eigenvalue weighted by molar-refractivity contribution is 4.96. The molecule has 1 saturated carbocycles. The van der Waals surface area contributed by atoms with Crippen molar-refractivity contribution in [2.24, 2.45) is 29.1 Å². The monoisotopic (exact) mass is 168 g/mol. The zero-order valence-corrected chi connectivity index (χ0v) is 9.52. The molecule has 0 aliphatic heterocycles. The molecule has 1 fully saturated rings. The highest BCUT2D eigenvalue weighted by Crippen LogP contribution is 2.54. The van der Waals surface area contributed by atoms with E-state index in [1.807, 2.05) is 0 Å². The van der Waals surface area contributed by atoms with Crippen molar-refractivity contribution < 1.29 is 0 Å². The number of hydrogen-bond donors (Lipinski definition) is 0. The fourth-order valence-electron chi connectivity index (χ4n) is 3.20. The van der Waals surface area contributed by atoms with Crippen LogP contribution in [0.3, 0.4) is 0 Å². The van der Waals surface area contributed by atoms with E-state index in [4.69, 9.17) is 0 Å². The van der Waals surface area contributed by atoms with Gasteiger partial charge in [0, 0.05) is 0 Å². The van der Waals surface area contributed by atoms with E-state index in [0.717, 1.165) is 23.7 Å². The second kappa shape index (κ2) is 3.05. The Hall–Kier alpha value is 0. The van der Waals surface area contributed by atoms with Crippen molar-refractivity contribution >= 4 is 0 Å². The van der Waals surface area contributed by atoms with Gasteiger partial charge in [0.05, 0.1) is 0 Å². The van der Waals surface area contributed by atoms with Crippen LogP contribution < -0.4 is 0 Å². The SMILES string of the molecule is CCC1C(C)C(C)C(C)(C)C1C. The van der Waals surface area contributed by atoms with Gasteiger partial charge in [0.1, 0.15) is 0 Å². The molecule has 0 radical (unpaired) electrons. The molecule has 0 bridgehead atoms. The van der Waals surface area contributed by atoms with Crippen molar-refractivity contribution in [2.75, 3.05) is 0 Å². The molecule has 4 unspecified atom stereocenters. The van der Waals surface area contributed by atoms with Crippen LogP contribution in [0.4, 0.5) is 0 Å². The summed E-state index contributed by atoms with van der Waals surface area (Å²) < 4.78 is 0. The first-order chi connectivity index (χ1) is 5.42. The molecule has 0 nitrogen and oxygen atoms in total. The van der Waals surface area contributed by atoms with Gasteiger partial charge in [-0.25, -0.2) is 0 Å². The van der Waals surface area contributed by atoms with Crippen molar-refractivity contribution in [3.63, 3.8) is 0 Å². The summed E-state index contributed by atoms with van der Waals surface area (Å²) in [5, 5.41) is 0. The van der Waals surface area contributed by atoms with Crippen molar-refractivity contribution in [3.05, 3.63) is 0 Å². The lowest BCUT2D eigenvalue weighted by atomic mass is 9.75. The highest BCUT2D eigenvalue weighted by Gasteiger charge is 2.47. The third kappa shape index (κ3) is 1.20. The van der Waals surface area contributed by atoms with E-state index >= 15 is 0 Å². The molecule has 1 aliphatic carbocycles. The average Bonchev–Trinajstić information content (AvgIpc) is 2.15. The average molecular weight is 168 g/mol. The van der Waals surface area contributed by atoms with Crippen LogP contribution in [0.25, 0.3) is 0 Å². The quantitative estimate of drug-likeness (QED) is 0.556. The van der Waals surface area contributed by atoms with Crippen LogP contribution in [0.15, 0.2) is 0 Å². The van der Waals surface area contributed by atoms with Crippen molar-refractivity contribution in [3.8, 4) is 0 Å². The van der Waals surface area contributed by atoms with Crippen LogP contribution in [-0.4, -0.2) is 0 Å². The Balaban J connectivity index is 2.86. The van der Waals surface area contributed by atoms with Gasteiger partial charge in [-0.15, -0.1) is 0 Å². The summed E-state index contributed by atoms with van der Waals surface area (Å²) in [4.78, 5) is 0. The molecule has 0 spiro atoms. The van der Waals surface area contributed by atoms with Gasteiger partial charge >= 0.3 is 0 Å². The predicted octanol–water partition coefficient (Wildman–Crippen LogP) is 3.96. The van der Waals surface area contributed by atoms with E-state index in [-0.39, 0.29) is 0 Å². The van der Waals surface area contributed by atoms with Crippen molar-refractivity contribution in [1.82, 2.24) is 0 Å². The maximum atomic E-state index is 2.44. The molecule has 12 heavy (non-hydrogen) atoms. The largest absolute Gasteiger partial charge is 0.0651 e. The van der Waals surface area contributed by atoms with Crippen LogP contribution in [0.5, 0.6) is 0 Å². The molecule has 0 heterocycles. The van der Waals surface area contributed by atoms with Crippen LogP contribution >= 0.6 is 0 Å². The van der Waals surface area contributed by atoms with Crippen LogP contribution in [-0.2, 0) is 0 Å². The smallest absolute Gasteiger partial charge is 0.0297 e. The summed E-state index contributed by atoms with van der Waals surface area (Å²) in [6, 6.07) is 0. The zero-order chi connectivity index (χ0) is 9.52. The van der Waals surface area contributed by atoms with E-state index in [9.17, 15) is 0 Å². The lowest BCUT2D eigenvalue weighted by Gasteiger charge is -2.30. The highest BCUT2D eigenvalue weighted by atomic mass is 14.5. The number of hydrogen-bond acceptors (Lipinski definition) is 0. The summed E-state index contributed by atoms with van der Waals surface area (Å²) in [5.41, 5.74) is 0.556. The third-order valence-corrected chi connectivity index (χ3v) is 4.92. The van der Waals surface area contributed by atoms with E-state index in [0.29, 0.717) is 5.41 Å². The first-order valence-corrected chi connectivity index (χ1v) is 5.42. The Bertz CT molecular complexity index is 157. The molecule has 0 aromatic heterocycles. The lowest BCUT2D eigenvalue weighted by Crippen LogP contribution is -2.23. The molecule has 0 amide bonds. The molecule has 0 N–H and O–H groups in total. The Morgan fingerprint density at radius 2 is 1.50 bits per heavy atom. The van der Waals surface area contributed by atoms with Gasteiger partial charge in [0.25, 0.3) is 0 Å². The van der Waals surface area contributed by atoms with Crippen molar-refractivity contribution in [2.45, 2.75) is 48.0 Å². The van der Waals surface area contributed by atoms with E-state index in [1.165, 1.54) is 6.42 Å². The Labute approximate surface area is 77.7 Å². The Morgan fingerprint density at radius 3 is 1.67 bits per heavy atom. The molecule has 0 aromatic rings. The second-order valence-corrected chi connectivity index (χ2v) is 5.33. The Kier molecular flexibility index (Phi) is 2.56. The fourth-order valence-corrected chi connectivity index (χ4v) is 3.20. The molecule has 0 aromatic carbocycles. The van der Waals surface area contributed by atoms with Gasteiger partial charge in [-0.2, -0.15) is 0 Å². The molecular weight excluding hydrogens is 144 g/mol. The van der Waals surface area contributed by atoms with Crippen molar-refractivity contribution in [1.29, 1.82) is 0 Å². The van der Waals surface area contributed by atoms with Gasteiger partial charge in [0.15, 0.2) is 0 Å². The molecule has 0 saturated heterocycles. The molecular formula is C12H24. The molecule has 0 heteroatoms. The maximum absolute atomic E-state index is 2.44. The normalized spacial score (nSPS) is 46.5. The molecule has 1 aliphatic rings. The summed E-state index contributed by atoms with van der Waals surface area (Å²) in [7, 11) is 0. The lowest BCUT2D eigenvalue weighted by molar-refractivity contribution is 0.190. The van der Waals surface area contributed by atoms with E-state index < -0.39 is 0 Å². The summed E-state index contributed by atoms with van der Waals surface area (Å²) in [5.74, 6) is 3.65.